The number of benzene rings is 2. The number of rotatable bonds is 7. The van der Waals surface area contributed by atoms with Gasteiger partial charge >= 0.3 is 0 Å². The highest BCUT2D eigenvalue weighted by Gasteiger charge is 2.57. The zero-order valence-corrected chi connectivity index (χ0v) is 22.2. The number of hydrogen-bond acceptors (Lipinski definition) is 3. The van der Waals surface area contributed by atoms with E-state index in [0.29, 0.717) is 13.2 Å². The van der Waals surface area contributed by atoms with Gasteiger partial charge in [0.25, 0.3) is 0 Å². The van der Waals surface area contributed by atoms with Gasteiger partial charge in [-0.05, 0) is 43.5 Å². The van der Waals surface area contributed by atoms with Gasteiger partial charge in [0.15, 0.2) is 0 Å². The van der Waals surface area contributed by atoms with Gasteiger partial charge in [0.05, 0.1) is 18.4 Å². The molecule has 31 heavy (non-hydrogen) atoms. The van der Waals surface area contributed by atoms with Crippen LogP contribution in [-0.2, 0) is 14.4 Å². The van der Waals surface area contributed by atoms with Gasteiger partial charge in [-0.3, -0.25) is 0 Å². The van der Waals surface area contributed by atoms with Gasteiger partial charge in [-0.1, -0.05) is 81.4 Å². The molecule has 2 atom stereocenters. The molecule has 7 heteroatoms. The van der Waals surface area contributed by atoms with Gasteiger partial charge in [-0.2, -0.15) is 4.31 Å². The first-order valence-electron chi connectivity index (χ1n) is 10.8. The Morgan fingerprint density at radius 1 is 1.03 bits per heavy atom. The SMILES string of the molecule is C[Si](C)OC[C@@]1(C(C)(C)C)C[C@H](P(c2ccccc2)c2ccccc2)CN1S(C)(=O)=O. The Bertz CT molecular complexity index is 924. The number of nitrogens with zero attached hydrogens (tertiary/aromatic N) is 1. The lowest BCUT2D eigenvalue weighted by molar-refractivity contribution is 0.0345. The molecule has 1 saturated heterocycles. The molecule has 0 aromatic heterocycles. The van der Waals surface area contributed by atoms with Gasteiger partial charge in [-0.15, -0.1) is 0 Å². The minimum Gasteiger partial charge on any atom is -0.415 e. The van der Waals surface area contributed by atoms with Crippen molar-refractivity contribution >= 4 is 37.6 Å². The quantitative estimate of drug-likeness (QED) is 0.444. The average molecular weight is 477 g/mol. The van der Waals surface area contributed by atoms with E-state index in [4.69, 9.17) is 4.43 Å². The van der Waals surface area contributed by atoms with Crippen molar-refractivity contribution in [3.05, 3.63) is 60.7 Å². The molecule has 2 aromatic carbocycles. The highest BCUT2D eigenvalue weighted by molar-refractivity contribution is 7.88. The van der Waals surface area contributed by atoms with Crippen molar-refractivity contribution in [3.8, 4) is 0 Å². The Balaban J connectivity index is 2.12. The van der Waals surface area contributed by atoms with E-state index < -0.39 is 32.5 Å². The highest BCUT2D eigenvalue weighted by atomic mass is 32.2. The molecule has 1 fully saturated rings. The van der Waals surface area contributed by atoms with Crippen LogP contribution in [-0.4, -0.2) is 52.4 Å². The third kappa shape index (κ3) is 5.31. The summed E-state index contributed by atoms with van der Waals surface area (Å²) in [6.07, 6.45) is 2.15. The van der Waals surface area contributed by atoms with E-state index in [9.17, 15) is 8.42 Å². The Labute approximate surface area is 191 Å². The summed E-state index contributed by atoms with van der Waals surface area (Å²) < 4.78 is 34.1. The van der Waals surface area contributed by atoms with Crippen LogP contribution in [0.5, 0.6) is 0 Å². The van der Waals surface area contributed by atoms with E-state index in [1.165, 1.54) is 16.9 Å². The van der Waals surface area contributed by atoms with E-state index in [2.05, 4.69) is 82.4 Å². The predicted molar refractivity (Wildman–Crippen MR) is 135 cm³/mol. The minimum absolute atomic E-state index is 0.224. The summed E-state index contributed by atoms with van der Waals surface area (Å²) in [5.41, 5.74) is -0.588. The van der Waals surface area contributed by atoms with Gasteiger partial charge in [0.1, 0.15) is 0 Å². The largest absolute Gasteiger partial charge is 0.415 e. The maximum absolute atomic E-state index is 13.1. The predicted octanol–water partition coefficient (Wildman–Crippen LogP) is 4.21. The molecular formula is C24H35NO3PSSi. The first-order chi connectivity index (χ1) is 14.5. The van der Waals surface area contributed by atoms with Crippen LogP contribution in [0.15, 0.2) is 60.7 Å². The summed E-state index contributed by atoms with van der Waals surface area (Å²) in [5, 5.41) is 2.59. The summed E-state index contributed by atoms with van der Waals surface area (Å²) in [7, 11) is -5.05. The third-order valence-electron chi connectivity index (χ3n) is 6.26. The molecule has 4 nitrogen and oxygen atoms in total. The molecule has 0 bridgehead atoms. The van der Waals surface area contributed by atoms with Crippen LogP contribution >= 0.6 is 7.92 Å². The minimum atomic E-state index is -3.40. The molecule has 0 amide bonds. The molecule has 1 heterocycles. The molecule has 1 radical (unpaired) electrons. The smallest absolute Gasteiger partial charge is 0.211 e. The van der Waals surface area contributed by atoms with Gasteiger partial charge in [0, 0.05) is 12.2 Å². The van der Waals surface area contributed by atoms with Gasteiger partial charge < -0.3 is 4.43 Å². The average Bonchev–Trinajstić information content (AvgIpc) is 3.09. The molecule has 0 saturated carbocycles. The van der Waals surface area contributed by atoms with Crippen LogP contribution in [0.4, 0.5) is 0 Å². The van der Waals surface area contributed by atoms with Gasteiger partial charge in [-0.25, -0.2) is 8.42 Å². The summed E-state index contributed by atoms with van der Waals surface area (Å²) in [6.45, 7) is 11.7. The zero-order chi connectivity index (χ0) is 22.9. The maximum Gasteiger partial charge on any atom is 0.211 e. The Hall–Kier alpha value is -1.04. The molecule has 0 aliphatic carbocycles. The van der Waals surface area contributed by atoms with Crippen LogP contribution in [0.3, 0.4) is 0 Å². The van der Waals surface area contributed by atoms with Crippen LogP contribution in [0.2, 0.25) is 13.1 Å². The topological polar surface area (TPSA) is 46.6 Å². The summed E-state index contributed by atoms with van der Waals surface area (Å²) in [6, 6.07) is 21.2. The van der Waals surface area contributed by atoms with E-state index in [1.54, 1.807) is 4.31 Å². The summed E-state index contributed by atoms with van der Waals surface area (Å²) >= 11 is 0. The van der Waals surface area contributed by atoms with Crippen LogP contribution < -0.4 is 10.6 Å². The van der Waals surface area contributed by atoms with Crippen molar-refractivity contribution in [2.75, 3.05) is 19.4 Å². The molecule has 169 valence electrons. The second kappa shape index (κ2) is 9.44. The number of hydrogen-bond donors (Lipinski definition) is 0. The first kappa shape index (κ1) is 24.6. The Morgan fingerprint density at radius 2 is 1.52 bits per heavy atom. The second-order valence-corrected chi connectivity index (χ2v) is 16.2. The van der Waals surface area contributed by atoms with Crippen LogP contribution in [0, 0.1) is 5.41 Å². The van der Waals surface area contributed by atoms with Crippen molar-refractivity contribution in [1.29, 1.82) is 0 Å². The van der Waals surface area contributed by atoms with Crippen LogP contribution in [0.1, 0.15) is 27.2 Å². The van der Waals surface area contributed by atoms with Crippen molar-refractivity contribution in [2.24, 2.45) is 5.41 Å². The summed E-state index contributed by atoms with van der Waals surface area (Å²) in [4.78, 5) is 0. The fourth-order valence-electron chi connectivity index (χ4n) is 4.59. The number of sulfonamides is 1. The molecule has 1 aliphatic heterocycles. The van der Waals surface area contributed by atoms with E-state index in [-0.39, 0.29) is 11.1 Å². The van der Waals surface area contributed by atoms with E-state index >= 15 is 0 Å². The Kier molecular flexibility index (Phi) is 7.49. The van der Waals surface area contributed by atoms with Crippen LogP contribution in [0.25, 0.3) is 0 Å². The molecule has 0 N–H and O–H groups in total. The zero-order valence-electron chi connectivity index (χ0n) is 19.5. The molecule has 0 unspecified atom stereocenters. The van der Waals surface area contributed by atoms with Crippen molar-refractivity contribution in [3.63, 3.8) is 0 Å². The molecule has 1 aliphatic rings. The standard InChI is InChI=1S/C24H35NO3PSSi/c1-23(2,3)24(19-28-31(5)6)17-22(18-25(24)30(4,26)27)29(20-13-9-7-10-14-20)21-15-11-8-12-16-21/h7-16,22H,17-19H2,1-6H3/t22-,24+/m0/s1. The summed E-state index contributed by atoms with van der Waals surface area (Å²) in [5.74, 6) is 0. The lowest BCUT2D eigenvalue weighted by atomic mass is 9.73. The third-order valence-corrected chi connectivity index (χ3v) is 11.1. The molecule has 3 rings (SSSR count). The molecule has 0 spiro atoms. The van der Waals surface area contributed by atoms with Crippen molar-refractivity contribution in [1.82, 2.24) is 4.31 Å². The lowest BCUT2D eigenvalue weighted by Crippen LogP contribution is -2.58. The fraction of sp³-hybridized carbons (Fsp3) is 0.500. The normalized spacial score (nSPS) is 23.0. The Morgan fingerprint density at radius 3 is 1.90 bits per heavy atom. The monoisotopic (exact) mass is 476 g/mol. The van der Waals surface area contributed by atoms with Gasteiger partial charge in [0.2, 0.25) is 19.1 Å². The van der Waals surface area contributed by atoms with E-state index in [0.717, 1.165) is 6.42 Å². The molecular weight excluding hydrogens is 441 g/mol. The van der Waals surface area contributed by atoms with Crippen molar-refractivity contribution < 1.29 is 12.8 Å². The lowest BCUT2D eigenvalue weighted by Gasteiger charge is -2.47. The molecule has 2 aromatic rings. The first-order valence-corrected chi connectivity index (χ1v) is 16.4. The fourth-order valence-corrected chi connectivity index (χ4v) is 9.65. The van der Waals surface area contributed by atoms with E-state index in [1.807, 2.05) is 12.1 Å². The van der Waals surface area contributed by atoms with Crippen molar-refractivity contribution in [2.45, 2.75) is 51.5 Å². The second-order valence-electron chi connectivity index (χ2n) is 9.67. The maximum atomic E-state index is 13.1. The highest BCUT2D eigenvalue weighted by Crippen LogP contribution is 2.54.